The van der Waals surface area contributed by atoms with Crippen LogP contribution in [-0.2, 0) is 12.8 Å². The van der Waals surface area contributed by atoms with Crippen molar-refractivity contribution < 1.29 is 0 Å². The van der Waals surface area contributed by atoms with Crippen LogP contribution in [0.25, 0.3) is 0 Å². The van der Waals surface area contributed by atoms with Crippen LogP contribution in [0.3, 0.4) is 0 Å². The van der Waals surface area contributed by atoms with Crippen LogP contribution in [0.1, 0.15) is 24.0 Å². The second kappa shape index (κ2) is 2.83. The van der Waals surface area contributed by atoms with E-state index in [1.54, 1.807) is 0 Å². The molecular formula is C12H14BrN. The van der Waals surface area contributed by atoms with Gasteiger partial charge in [0.2, 0.25) is 0 Å². The maximum Gasteiger partial charge on any atom is 0.0178 e. The lowest BCUT2D eigenvalue weighted by Crippen LogP contribution is -2.22. The summed E-state index contributed by atoms with van der Waals surface area (Å²) in [7, 11) is 0. The molecule has 1 spiro atoms. The van der Waals surface area contributed by atoms with Crippen molar-refractivity contribution in [3.63, 3.8) is 0 Å². The molecule has 0 amide bonds. The van der Waals surface area contributed by atoms with E-state index in [4.69, 9.17) is 5.73 Å². The Morgan fingerprint density at radius 2 is 2.14 bits per heavy atom. The fourth-order valence-corrected chi connectivity index (χ4v) is 3.13. The zero-order chi connectivity index (χ0) is 9.76. The number of hydrogen-bond donors (Lipinski definition) is 1. The Balaban J connectivity index is 1.96. The number of rotatable bonds is 0. The summed E-state index contributed by atoms with van der Waals surface area (Å²) in [5.41, 5.74) is 9.54. The van der Waals surface area contributed by atoms with Gasteiger partial charge in [-0.25, -0.2) is 0 Å². The second-order valence-electron chi connectivity index (χ2n) is 4.76. The Morgan fingerprint density at radius 3 is 2.86 bits per heavy atom. The molecule has 1 saturated carbocycles. The van der Waals surface area contributed by atoms with Crippen LogP contribution in [-0.4, -0.2) is 6.04 Å². The van der Waals surface area contributed by atoms with E-state index in [2.05, 4.69) is 34.1 Å². The molecule has 0 saturated heterocycles. The molecule has 2 aliphatic rings. The predicted octanol–water partition coefficient (Wildman–Crippen LogP) is 2.66. The van der Waals surface area contributed by atoms with E-state index in [0.717, 1.165) is 0 Å². The molecule has 74 valence electrons. The number of nitrogens with two attached hydrogens (primary N) is 1. The third-order valence-corrected chi connectivity index (χ3v) is 4.35. The van der Waals surface area contributed by atoms with E-state index in [0.29, 0.717) is 11.5 Å². The van der Waals surface area contributed by atoms with Gasteiger partial charge in [0, 0.05) is 10.5 Å². The monoisotopic (exact) mass is 251 g/mol. The summed E-state index contributed by atoms with van der Waals surface area (Å²) in [6.07, 6.45) is 4.94. The minimum atomic E-state index is 0.472. The summed E-state index contributed by atoms with van der Waals surface area (Å²) in [5, 5.41) is 0. The summed E-state index contributed by atoms with van der Waals surface area (Å²) >= 11 is 3.52. The van der Waals surface area contributed by atoms with Crippen molar-refractivity contribution in [2.45, 2.75) is 31.7 Å². The summed E-state index contributed by atoms with van der Waals surface area (Å²) in [6, 6.07) is 7.13. The van der Waals surface area contributed by atoms with Crippen LogP contribution in [0.5, 0.6) is 0 Å². The van der Waals surface area contributed by atoms with Gasteiger partial charge in [-0.3, -0.25) is 0 Å². The molecule has 0 aromatic heterocycles. The topological polar surface area (TPSA) is 26.0 Å². The average Bonchev–Trinajstić information content (AvgIpc) is 2.77. The molecule has 0 heterocycles. The number of halogens is 1. The van der Waals surface area contributed by atoms with E-state index in [-0.39, 0.29) is 0 Å². The van der Waals surface area contributed by atoms with E-state index < -0.39 is 0 Å². The fraction of sp³-hybridized carbons (Fsp3) is 0.500. The van der Waals surface area contributed by atoms with Crippen LogP contribution in [0.4, 0.5) is 0 Å². The highest BCUT2D eigenvalue weighted by Crippen LogP contribution is 2.53. The standard InChI is InChI=1S/C12H14BrN/c13-10-2-1-9-6-12(7-11(12)14)4-3-8(9)5-10/h1-2,5,11H,3-4,6-7,14H2. The predicted molar refractivity (Wildman–Crippen MR) is 61.2 cm³/mol. The van der Waals surface area contributed by atoms with Crippen LogP contribution in [0, 0.1) is 5.41 Å². The zero-order valence-electron chi connectivity index (χ0n) is 8.09. The minimum Gasteiger partial charge on any atom is -0.327 e. The third kappa shape index (κ3) is 1.24. The van der Waals surface area contributed by atoms with Crippen molar-refractivity contribution in [3.8, 4) is 0 Å². The normalized spacial score (nSPS) is 34.3. The van der Waals surface area contributed by atoms with Crippen molar-refractivity contribution >= 4 is 15.9 Å². The van der Waals surface area contributed by atoms with Crippen molar-refractivity contribution in [1.29, 1.82) is 0 Å². The van der Waals surface area contributed by atoms with Gasteiger partial charge in [0.25, 0.3) is 0 Å². The van der Waals surface area contributed by atoms with Gasteiger partial charge in [-0.05, 0) is 54.4 Å². The van der Waals surface area contributed by atoms with Crippen LogP contribution >= 0.6 is 15.9 Å². The highest BCUT2D eigenvalue weighted by Gasteiger charge is 2.52. The molecule has 1 aromatic carbocycles. The van der Waals surface area contributed by atoms with Crippen molar-refractivity contribution in [2.24, 2.45) is 11.1 Å². The first kappa shape index (κ1) is 8.93. The van der Waals surface area contributed by atoms with Gasteiger partial charge in [0.1, 0.15) is 0 Å². The highest BCUT2D eigenvalue weighted by atomic mass is 79.9. The first-order valence-corrected chi connectivity index (χ1v) is 6.02. The summed E-state index contributed by atoms with van der Waals surface area (Å²) in [6.45, 7) is 0. The maximum absolute atomic E-state index is 6.01. The largest absolute Gasteiger partial charge is 0.327 e. The van der Waals surface area contributed by atoms with Gasteiger partial charge in [-0.1, -0.05) is 22.0 Å². The minimum absolute atomic E-state index is 0.472. The molecule has 3 rings (SSSR count). The molecule has 1 aromatic rings. The fourth-order valence-electron chi connectivity index (χ4n) is 2.72. The third-order valence-electron chi connectivity index (χ3n) is 3.86. The number of fused-ring (bicyclic) bond motifs is 1. The molecule has 2 atom stereocenters. The summed E-state index contributed by atoms with van der Waals surface area (Å²) in [4.78, 5) is 0. The van der Waals surface area contributed by atoms with Crippen molar-refractivity contribution in [1.82, 2.24) is 0 Å². The first-order chi connectivity index (χ1) is 6.70. The zero-order valence-corrected chi connectivity index (χ0v) is 9.68. The molecule has 0 radical (unpaired) electrons. The smallest absolute Gasteiger partial charge is 0.0178 e. The van der Waals surface area contributed by atoms with Gasteiger partial charge >= 0.3 is 0 Å². The number of aryl methyl sites for hydroxylation is 1. The SMILES string of the molecule is NC1CC12CCc1cc(Br)ccc1C2. The van der Waals surface area contributed by atoms with E-state index in [9.17, 15) is 0 Å². The second-order valence-corrected chi connectivity index (χ2v) is 5.68. The van der Waals surface area contributed by atoms with Gasteiger partial charge in [0.15, 0.2) is 0 Å². The molecular weight excluding hydrogens is 238 g/mol. The molecule has 2 unspecified atom stereocenters. The Bertz CT molecular complexity index is 388. The Kier molecular flexibility index (Phi) is 1.80. The Morgan fingerprint density at radius 1 is 1.36 bits per heavy atom. The van der Waals surface area contributed by atoms with Crippen LogP contribution in [0.2, 0.25) is 0 Å². The Hall–Kier alpha value is -0.340. The first-order valence-electron chi connectivity index (χ1n) is 5.23. The van der Waals surface area contributed by atoms with Crippen LogP contribution in [0.15, 0.2) is 22.7 Å². The molecule has 14 heavy (non-hydrogen) atoms. The summed E-state index contributed by atoms with van der Waals surface area (Å²) in [5.74, 6) is 0. The molecule has 1 nitrogen and oxygen atoms in total. The maximum atomic E-state index is 6.01. The van der Waals surface area contributed by atoms with Gasteiger partial charge in [-0.15, -0.1) is 0 Å². The lowest BCUT2D eigenvalue weighted by atomic mass is 9.81. The van der Waals surface area contributed by atoms with E-state index >= 15 is 0 Å². The average molecular weight is 252 g/mol. The van der Waals surface area contributed by atoms with Crippen molar-refractivity contribution in [2.75, 3.05) is 0 Å². The molecule has 0 aliphatic heterocycles. The van der Waals surface area contributed by atoms with E-state index in [1.165, 1.54) is 41.3 Å². The lowest BCUT2D eigenvalue weighted by Gasteiger charge is -2.25. The Labute approximate surface area is 92.8 Å². The highest BCUT2D eigenvalue weighted by molar-refractivity contribution is 9.10. The van der Waals surface area contributed by atoms with E-state index in [1.807, 2.05) is 0 Å². The quantitative estimate of drug-likeness (QED) is 0.754. The molecule has 2 heteroatoms. The number of benzene rings is 1. The van der Waals surface area contributed by atoms with Crippen LogP contribution < -0.4 is 5.73 Å². The van der Waals surface area contributed by atoms with Gasteiger partial charge in [-0.2, -0.15) is 0 Å². The van der Waals surface area contributed by atoms with Gasteiger partial charge < -0.3 is 5.73 Å². The molecule has 0 bridgehead atoms. The van der Waals surface area contributed by atoms with Crippen molar-refractivity contribution in [3.05, 3.63) is 33.8 Å². The summed E-state index contributed by atoms with van der Waals surface area (Å²) < 4.78 is 1.20. The van der Waals surface area contributed by atoms with Gasteiger partial charge in [0.05, 0.1) is 0 Å². The lowest BCUT2D eigenvalue weighted by molar-refractivity contribution is 0.421. The number of hydrogen-bond acceptors (Lipinski definition) is 1. The molecule has 1 fully saturated rings. The molecule has 2 N–H and O–H groups in total. The molecule has 2 aliphatic carbocycles.